The molecule has 0 unspecified atom stereocenters. The normalized spacial score (nSPS) is 14.1. The molecule has 0 spiro atoms. The van der Waals surface area contributed by atoms with Gasteiger partial charge in [0.1, 0.15) is 0 Å². The molecule has 0 saturated heterocycles. The van der Waals surface area contributed by atoms with Crippen LogP contribution in [-0.4, -0.2) is 34.1 Å². The van der Waals surface area contributed by atoms with Crippen molar-refractivity contribution in [1.29, 1.82) is 5.26 Å². The van der Waals surface area contributed by atoms with Gasteiger partial charge in [-0.1, -0.05) is 0 Å². The van der Waals surface area contributed by atoms with Gasteiger partial charge in [0.05, 0.1) is 12.5 Å². The zero-order valence-corrected chi connectivity index (χ0v) is 11.0. The maximum absolute atomic E-state index is 8.69. The number of nitrogens with zero attached hydrogens (tertiary/aromatic N) is 5. The van der Waals surface area contributed by atoms with Gasteiger partial charge < -0.3 is 10.2 Å². The smallest absolute Gasteiger partial charge is 0.231 e. The molecule has 1 aromatic rings. The Morgan fingerprint density at radius 2 is 2.22 bits per heavy atom. The number of hydrogen-bond donors (Lipinski definition) is 1. The van der Waals surface area contributed by atoms with Gasteiger partial charge in [-0.15, -0.1) is 0 Å². The number of aromatic nitrogens is 3. The van der Waals surface area contributed by atoms with E-state index in [4.69, 9.17) is 16.9 Å². The summed E-state index contributed by atoms with van der Waals surface area (Å²) in [6.07, 6.45) is 2.69. The van der Waals surface area contributed by atoms with E-state index < -0.39 is 0 Å². The van der Waals surface area contributed by atoms with E-state index in [-0.39, 0.29) is 5.28 Å². The summed E-state index contributed by atoms with van der Waals surface area (Å²) >= 11 is 5.90. The van der Waals surface area contributed by atoms with Gasteiger partial charge in [-0.25, -0.2) is 0 Å². The van der Waals surface area contributed by atoms with E-state index in [1.165, 1.54) is 0 Å². The lowest BCUT2D eigenvalue weighted by molar-refractivity contribution is 0.754. The summed E-state index contributed by atoms with van der Waals surface area (Å²) in [4.78, 5) is 14.5. The molecule has 6 nitrogen and oxygen atoms in total. The molecule has 0 bridgehead atoms. The van der Waals surface area contributed by atoms with Crippen molar-refractivity contribution in [2.24, 2.45) is 0 Å². The Morgan fingerprint density at radius 3 is 2.83 bits per heavy atom. The minimum Gasteiger partial charge on any atom is -0.354 e. The van der Waals surface area contributed by atoms with Crippen molar-refractivity contribution in [3.05, 3.63) is 5.28 Å². The Balaban J connectivity index is 2.20. The third-order valence-electron chi connectivity index (χ3n) is 2.64. The molecule has 96 valence electrons. The van der Waals surface area contributed by atoms with Gasteiger partial charge in [0.15, 0.2) is 0 Å². The second-order valence-electron chi connectivity index (χ2n) is 4.09. The average Bonchev–Trinajstić information content (AvgIpc) is 3.14. The van der Waals surface area contributed by atoms with E-state index in [9.17, 15) is 0 Å². The fourth-order valence-electron chi connectivity index (χ4n) is 1.71. The highest BCUT2D eigenvalue weighted by Crippen LogP contribution is 2.30. The van der Waals surface area contributed by atoms with Crippen molar-refractivity contribution < 1.29 is 0 Å². The van der Waals surface area contributed by atoms with E-state index in [1.54, 1.807) is 0 Å². The lowest BCUT2D eigenvalue weighted by atomic mass is 10.4. The fraction of sp³-hybridized carbons (Fsp3) is 0.636. The van der Waals surface area contributed by atoms with Crippen molar-refractivity contribution in [1.82, 2.24) is 15.0 Å². The van der Waals surface area contributed by atoms with E-state index >= 15 is 0 Å². The third kappa shape index (κ3) is 3.20. The first-order chi connectivity index (χ1) is 8.74. The van der Waals surface area contributed by atoms with E-state index in [0.29, 0.717) is 30.9 Å². The minimum atomic E-state index is 0.179. The SMILES string of the molecule is CCNc1nc(Cl)nc(N(CCC#N)C2CC2)n1. The molecule has 1 aliphatic rings. The summed E-state index contributed by atoms with van der Waals surface area (Å²) in [5, 5.41) is 11.9. The number of rotatable bonds is 6. The first-order valence-electron chi connectivity index (χ1n) is 6.03. The number of halogens is 1. The van der Waals surface area contributed by atoms with Crippen LogP contribution in [0.1, 0.15) is 26.2 Å². The summed E-state index contributed by atoms with van der Waals surface area (Å²) in [6.45, 7) is 3.32. The first-order valence-corrected chi connectivity index (χ1v) is 6.41. The van der Waals surface area contributed by atoms with Gasteiger partial charge in [-0.05, 0) is 31.4 Å². The third-order valence-corrected chi connectivity index (χ3v) is 2.81. The standard InChI is InChI=1S/C11H15ClN6/c1-2-14-10-15-9(12)16-11(17-10)18(7-3-6-13)8-4-5-8/h8H,2-5,7H2,1H3,(H,14,15,16,17). The highest BCUT2D eigenvalue weighted by molar-refractivity contribution is 6.28. The Hall–Kier alpha value is -1.61. The lowest BCUT2D eigenvalue weighted by Crippen LogP contribution is -2.29. The number of anilines is 2. The van der Waals surface area contributed by atoms with Gasteiger partial charge >= 0.3 is 0 Å². The predicted molar refractivity (Wildman–Crippen MR) is 69.6 cm³/mol. The second-order valence-corrected chi connectivity index (χ2v) is 4.43. The Morgan fingerprint density at radius 1 is 1.44 bits per heavy atom. The van der Waals surface area contributed by atoms with E-state index in [0.717, 1.165) is 19.4 Å². The van der Waals surface area contributed by atoms with Crippen LogP contribution in [-0.2, 0) is 0 Å². The van der Waals surface area contributed by atoms with Gasteiger partial charge in [-0.2, -0.15) is 20.2 Å². The van der Waals surface area contributed by atoms with Crippen molar-refractivity contribution >= 4 is 23.5 Å². The summed E-state index contributed by atoms with van der Waals surface area (Å²) in [5.74, 6) is 1.04. The topological polar surface area (TPSA) is 77.7 Å². The maximum atomic E-state index is 8.69. The molecular formula is C11H15ClN6. The zero-order valence-electron chi connectivity index (χ0n) is 10.2. The van der Waals surface area contributed by atoms with Gasteiger partial charge in [0, 0.05) is 19.1 Å². The van der Waals surface area contributed by atoms with Crippen LogP contribution < -0.4 is 10.2 Å². The maximum Gasteiger partial charge on any atom is 0.231 e. The van der Waals surface area contributed by atoms with Crippen molar-refractivity contribution in [3.63, 3.8) is 0 Å². The fourth-order valence-corrected chi connectivity index (χ4v) is 1.86. The molecule has 0 aromatic carbocycles. The molecule has 0 aliphatic heterocycles. The van der Waals surface area contributed by atoms with Gasteiger partial charge in [0.25, 0.3) is 0 Å². The molecule has 1 aliphatic carbocycles. The molecule has 1 N–H and O–H groups in total. The van der Waals surface area contributed by atoms with E-state index in [2.05, 4.69) is 26.3 Å². The minimum absolute atomic E-state index is 0.179. The van der Waals surface area contributed by atoms with Crippen LogP contribution in [0.3, 0.4) is 0 Å². The summed E-state index contributed by atoms with van der Waals surface area (Å²) in [6, 6.07) is 2.58. The van der Waals surface area contributed by atoms with Gasteiger partial charge in [-0.3, -0.25) is 0 Å². The molecule has 0 amide bonds. The van der Waals surface area contributed by atoms with Crippen molar-refractivity contribution in [2.75, 3.05) is 23.3 Å². The molecule has 0 radical (unpaired) electrons. The molecule has 1 aromatic heterocycles. The van der Waals surface area contributed by atoms with Gasteiger partial charge in [0.2, 0.25) is 17.2 Å². The lowest BCUT2D eigenvalue weighted by Gasteiger charge is -2.21. The van der Waals surface area contributed by atoms with Crippen LogP contribution in [0.4, 0.5) is 11.9 Å². The molecule has 0 atom stereocenters. The predicted octanol–water partition coefficient (Wildman–Crippen LogP) is 1.84. The van der Waals surface area contributed by atoms with Crippen LogP contribution in [0.15, 0.2) is 0 Å². The molecule has 7 heteroatoms. The Bertz CT molecular complexity index is 453. The van der Waals surface area contributed by atoms with Crippen molar-refractivity contribution in [2.45, 2.75) is 32.2 Å². The molecular weight excluding hydrogens is 252 g/mol. The van der Waals surface area contributed by atoms with Crippen LogP contribution in [0.5, 0.6) is 0 Å². The second kappa shape index (κ2) is 5.83. The average molecular weight is 267 g/mol. The molecule has 1 heterocycles. The van der Waals surface area contributed by atoms with Crippen molar-refractivity contribution in [3.8, 4) is 6.07 Å². The highest BCUT2D eigenvalue weighted by Gasteiger charge is 2.31. The summed E-state index contributed by atoms with van der Waals surface area (Å²) in [7, 11) is 0. The monoisotopic (exact) mass is 266 g/mol. The Kier molecular flexibility index (Phi) is 4.15. The zero-order chi connectivity index (χ0) is 13.0. The van der Waals surface area contributed by atoms with E-state index in [1.807, 2.05) is 11.8 Å². The van der Waals surface area contributed by atoms with Crippen LogP contribution in [0.2, 0.25) is 5.28 Å². The van der Waals surface area contributed by atoms with Crippen LogP contribution in [0.25, 0.3) is 0 Å². The Labute approximate surface area is 111 Å². The van der Waals surface area contributed by atoms with Crippen LogP contribution in [0, 0.1) is 11.3 Å². The van der Waals surface area contributed by atoms with Crippen LogP contribution >= 0.6 is 11.6 Å². The highest BCUT2D eigenvalue weighted by atomic mass is 35.5. The molecule has 1 saturated carbocycles. The molecule has 1 fully saturated rings. The number of hydrogen-bond acceptors (Lipinski definition) is 6. The summed E-state index contributed by atoms with van der Waals surface area (Å²) < 4.78 is 0. The molecule has 2 rings (SSSR count). The molecule has 18 heavy (non-hydrogen) atoms. The number of nitriles is 1. The largest absolute Gasteiger partial charge is 0.354 e. The summed E-state index contributed by atoms with van der Waals surface area (Å²) in [5.41, 5.74) is 0. The quantitative estimate of drug-likeness (QED) is 0.846. The number of nitrogens with one attached hydrogen (secondary N) is 1. The first kappa shape index (κ1) is 12.8.